The second-order valence-corrected chi connectivity index (χ2v) is 3.62. The lowest BCUT2D eigenvalue weighted by Gasteiger charge is -2.12. The van der Waals surface area contributed by atoms with Gasteiger partial charge in [0.1, 0.15) is 13.0 Å². The van der Waals surface area contributed by atoms with Gasteiger partial charge >= 0.3 is 6.18 Å². The lowest BCUT2D eigenvalue weighted by atomic mass is 9.91. The molecular weight excluding hydrogens is 237 g/mol. The van der Waals surface area contributed by atoms with E-state index in [-0.39, 0.29) is 16.0 Å². The van der Waals surface area contributed by atoms with E-state index >= 15 is 0 Å². The van der Waals surface area contributed by atoms with Crippen LogP contribution in [-0.4, -0.2) is 12.8 Å². The molecule has 80 valence electrons. The molecule has 0 saturated carbocycles. The molecule has 16 heavy (non-hydrogen) atoms. The molecule has 0 aliphatic carbocycles. The van der Waals surface area contributed by atoms with Crippen molar-refractivity contribution in [3.8, 4) is 0 Å². The fraction of sp³-hybridized carbons (Fsp3) is 0.100. The number of pyridine rings is 1. The van der Waals surface area contributed by atoms with Crippen molar-refractivity contribution in [2.24, 2.45) is 0 Å². The fourth-order valence-electron chi connectivity index (χ4n) is 1.52. The highest BCUT2D eigenvalue weighted by Crippen LogP contribution is 2.36. The summed E-state index contributed by atoms with van der Waals surface area (Å²) in [6.45, 7) is 0. The van der Waals surface area contributed by atoms with E-state index in [0.717, 1.165) is 6.07 Å². The number of halogens is 4. The zero-order valence-electron chi connectivity index (χ0n) is 7.85. The Hall–Kier alpha value is -1.23. The van der Waals surface area contributed by atoms with E-state index in [1.165, 1.54) is 18.3 Å². The number of nitrogens with zero attached hydrogens (tertiary/aromatic N) is 1. The molecule has 0 fully saturated rings. The Kier molecular flexibility index (Phi) is 2.58. The molecule has 0 spiro atoms. The van der Waals surface area contributed by atoms with Gasteiger partial charge < -0.3 is 0 Å². The highest BCUT2D eigenvalue weighted by molar-refractivity contribution is 6.36. The van der Waals surface area contributed by atoms with Crippen molar-refractivity contribution in [1.82, 2.24) is 4.98 Å². The van der Waals surface area contributed by atoms with Gasteiger partial charge in [0, 0.05) is 11.6 Å². The normalized spacial score (nSPS) is 12.0. The highest BCUT2D eigenvalue weighted by Gasteiger charge is 2.33. The minimum atomic E-state index is -4.50. The van der Waals surface area contributed by atoms with E-state index < -0.39 is 11.7 Å². The zero-order chi connectivity index (χ0) is 11.9. The Labute approximate surface area is 95.6 Å². The third kappa shape index (κ3) is 1.87. The Morgan fingerprint density at radius 3 is 2.56 bits per heavy atom. The van der Waals surface area contributed by atoms with Crippen molar-refractivity contribution in [3.63, 3.8) is 0 Å². The number of alkyl halides is 3. The first-order valence-electron chi connectivity index (χ1n) is 4.30. The van der Waals surface area contributed by atoms with E-state index in [1.807, 2.05) is 0 Å². The first-order chi connectivity index (χ1) is 7.39. The van der Waals surface area contributed by atoms with Crippen LogP contribution in [0.25, 0.3) is 10.8 Å². The summed E-state index contributed by atoms with van der Waals surface area (Å²) >= 11 is 5.67. The minimum absolute atomic E-state index is 0.0436. The third-order valence-corrected chi connectivity index (χ3v) is 2.43. The number of hydrogen-bond donors (Lipinski definition) is 0. The van der Waals surface area contributed by atoms with Crippen LogP contribution in [-0.2, 0) is 6.18 Å². The Balaban J connectivity index is 2.91. The van der Waals surface area contributed by atoms with Crippen LogP contribution in [0.3, 0.4) is 0 Å². The topological polar surface area (TPSA) is 12.9 Å². The molecule has 0 aliphatic heterocycles. The van der Waals surface area contributed by atoms with Gasteiger partial charge in [-0.15, -0.1) is 0 Å². The molecule has 2 radical (unpaired) electrons. The number of fused-ring (bicyclic) bond motifs is 1. The van der Waals surface area contributed by atoms with Gasteiger partial charge in [0.05, 0.1) is 5.56 Å². The summed E-state index contributed by atoms with van der Waals surface area (Å²) in [5.41, 5.74) is -0.817. The van der Waals surface area contributed by atoms with E-state index in [1.54, 1.807) is 0 Å². The fourth-order valence-corrected chi connectivity index (χ4v) is 1.79. The van der Waals surface area contributed by atoms with E-state index in [9.17, 15) is 13.2 Å². The van der Waals surface area contributed by atoms with Gasteiger partial charge in [-0.3, -0.25) is 0 Å². The highest BCUT2D eigenvalue weighted by atomic mass is 35.5. The second-order valence-electron chi connectivity index (χ2n) is 3.27. The summed E-state index contributed by atoms with van der Waals surface area (Å²) in [6.07, 6.45) is -3.16. The van der Waals surface area contributed by atoms with Crippen molar-refractivity contribution in [2.75, 3.05) is 0 Å². The van der Waals surface area contributed by atoms with E-state index in [0.29, 0.717) is 5.39 Å². The van der Waals surface area contributed by atoms with Gasteiger partial charge in [-0.1, -0.05) is 29.2 Å². The lowest BCUT2D eigenvalue weighted by molar-refractivity contribution is -0.136. The molecule has 0 N–H and O–H groups in total. The van der Waals surface area contributed by atoms with Gasteiger partial charge in [0.15, 0.2) is 0 Å². The van der Waals surface area contributed by atoms with Crippen LogP contribution >= 0.6 is 11.6 Å². The van der Waals surface area contributed by atoms with Crippen molar-refractivity contribution in [3.05, 3.63) is 35.1 Å². The number of rotatable bonds is 0. The van der Waals surface area contributed by atoms with Gasteiger partial charge in [0.2, 0.25) is 0 Å². The number of aromatic nitrogens is 1. The van der Waals surface area contributed by atoms with Gasteiger partial charge in [-0.2, -0.15) is 13.2 Å². The second kappa shape index (κ2) is 3.66. The molecule has 1 heterocycles. The summed E-state index contributed by atoms with van der Waals surface area (Å²) in [6, 6.07) is 3.72. The average molecular weight is 241 g/mol. The van der Waals surface area contributed by atoms with Gasteiger partial charge in [-0.05, 0) is 11.5 Å². The molecule has 1 aromatic heterocycles. The predicted octanol–water partition coefficient (Wildman–Crippen LogP) is 2.70. The summed E-state index contributed by atoms with van der Waals surface area (Å²) in [5.74, 6) is 0. The van der Waals surface area contributed by atoms with Gasteiger partial charge in [0.25, 0.3) is 0 Å². The van der Waals surface area contributed by atoms with E-state index in [2.05, 4.69) is 4.98 Å². The maximum atomic E-state index is 12.7. The maximum absolute atomic E-state index is 12.7. The van der Waals surface area contributed by atoms with Crippen LogP contribution in [0.4, 0.5) is 13.2 Å². The molecule has 1 aromatic carbocycles. The van der Waals surface area contributed by atoms with Crippen LogP contribution in [0.1, 0.15) is 5.56 Å². The molecular formula is C10H4BClF3N. The van der Waals surface area contributed by atoms with E-state index in [4.69, 9.17) is 19.4 Å². The molecule has 1 nitrogen and oxygen atoms in total. The Morgan fingerprint density at radius 2 is 1.94 bits per heavy atom. The Morgan fingerprint density at radius 1 is 1.25 bits per heavy atom. The van der Waals surface area contributed by atoms with Crippen LogP contribution in [0.5, 0.6) is 0 Å². The molecule has 0 unspecified atom stereocenters. The molecule has 6 heteroatoms. The summed E-state index contributed by atoms with van der Waals surface area (Å²) < 4.78 is 38.2. The Bertz CT molecular complexity index is 553. The molecule has 0 saturated heterocycles. The quantitative estimate of drug-likeness (QED) is 0.510. The molecule has 0 bridgehead atoms. The molecule has 0 amide bonds. The average Bonchev–Trinajstić information content (AvgIpc) is 2.15. The van der Waals surface area contributed by atoms with Crippen LogP contribution in [0.2, 0.25) is 5.15 Å². The van der Waals surface area contributed by atoms with Crippen LogP contribution < -0.4 is 5.46 Å². The molecule has 2 aromatic rings. The largest absolute Gasteiger partial charge is 0.417 e. The SMILES string of the molecule is [B]c1cc(C(F)(F)F)c2c(Cl)nccc2c1. The minimum Gasteiger partial charge on any atom is -0.244 e. The first kappa shape index (κ1) is 11.3. The standard InChI is InChI=1S/C10H4BClF3N/c11-6-3-5-1-2-16-9(12)8(5)7(4-6)10(13,14)15/h1-4H. The number of benzene rings is 1. The smallest absolute Gasteiger partial charge is 0.244 e. The first-order valence-corrected chi connectivity index (χ1v) is 4.68. The summed E-state index contributed by atoms with van der Waals surface area (Å²) in [4.78, 5) is 3.64. The third-order valence-electron chi connectivity index (χ3n) is 2.14. The monoisotopic (exact) mass is 241 g/mol. The van der Waals surface area contributed by atoms with Crippen LogP contribution in [0, 0.1) is 0 Å². The van der Waals surface area contributed by atoms with Crippen LogP contribution in [0.15, 0.2) is 24.4 Å². The van der Waals surface area contributed by atoms with Crippen molar-refractivity contribution >= 4 is 35.7 Å². The molecule has 0 aliphatic rings. The zero-order valence-corrected chi connectivity index (χ0v) is 8.60. The number of hydrogen-bond acceptors (Lipinski definition) is 1. The summed E-state index contributed by atoms with van der Waals surface area (Å²) in [7, 11) is 5.41. The van der Waals surface area contributed by atoms with Crippen molar-refractivity contribution < 1.29 is 13.2 Å². The van der Waals surface area contributed by atoms with Crippen molar-refractivity contribution in [2.45, 2.75) is 6.18 Å². The maximum Gasteiger partial charge on any atom is 0.417 e. The predicted molar refractivity (Wildman–Crippen MR) is 57.1 cm³/mol. The lowest BCUT2D eigenvalue weighted by Crippen LogP contribution is -2.12. The van der Waals surface area contributed by atoms with Crippen molar-refractivity contribution in [1.29, 1.82) is 0 Å². The summed E-state index contributed by atoms with van der Waals surface area (Å²) in [5, 5.41) is 0.0306. The van der Waals surface area contributed by atoms with Gasteiger partial charge in [-0.25, -0.2) is 4.98 Å². The molecule has 0 atom stereocenters. The molecule has 2 rings (SSSR count).